The molecular weight excluding hydrogens is 204 g/mol. The summed E-state index contributed by atoms with van der Waals surface area (Å²) < 4.78 is 5.40. The third-order valence-electron chi connectivity index (χ3n) is 3.02. The summed E-state index contributed by atoms with van der Waals surface area (Å²) in [6.07, 6.45) is 2.58. The largest absolute Gasteiger partial charge is 0.424 e. The first kappa shape index (κ1) is 11.5. The lowest BCUT2D eigenvalue weighted by atomic mass is 9.98. The van der Waals surface area contributed by atoms with E-state index in [-0.39, 0.29) is 0 Å². The van der Waals surface area contributed by atoms with E-state index in [9.17, 15) is 0 Å². The summed E-state index contributed by atoms with van der Waals surface area (Å²) in [6.45, 7) is 5.99. The number of aromatic nitrogens is 2. The van der Waals surface area contributed by atoms with Crippen molar-refractivity contribution >= 4 is 0 Å². The van der Waals surface area contributed by atoms with Gasteiger partial charge in [-0.15, -0.1) is 10.2 Å². The molecule has 0 spiro atoms. The van der Waals surface area contributed by atoms with Gasteiger partial charge in [-0.2, -0.15) is 0 Å². The molecule has 90 valence electrons. The van der Waals surface area contributed by atoms with Crippen LogP contribution in [0.2, 0.25) is 0 Å². The molecule has 1 unspecified atom stereocenters. The van der Waals surface area contributed by atoms with Crippen LogP contribution in [0.5, 0.6) is 0 Å². The van der Waals surface area contributed by atoms with Crippen LogP contribution in [0.25, 0.3) is 0 Å². The molecule has 5 nitrogen and oxygen atoms in total. The molecule has 1 aromatic heterocycles. The molecule has 0 bridgehead atoms. The second-order valence-electron chi connectivity index (χ2n) is 4.52. The minimum absolute atomic E-state index is 0.652. The maximum Gasteiger partial charge on any atom is 0.230 e. The minimum atomic E-state index is 0.652. The third-order valence-corrected chi connectivity index (χ3v) is 3.02. The van der Waals surface area contributed by atoms with Crippen molar-refractivity contribution in [3.63, 3.8) is 0 Å². The van der Waals surface area contributed by atoms with Crippen molar-refractivity contribution in [2.24, 2.45) is 5.92 Å². The van der Waals surface area contributed by atoms with Gasteiger partial charge >= 0.3 is 0 Å². The molecule has 1 aliphatic rings. The van der Waals surface area contributed by atoms with Crippen molar-refractivity contribution in [2.75, 3.05) is 26.7 Å². The zero-order chi connectivity index (χ0) is 11.4. The average molecular weight is 224 g/mol. The lowest BCUT2D eigenvalue weighted by Gasteiger charge is -2.31. The Morgan fingerprint density at radius 2 is 2.38 bits per heavy atom. The van der Waals surface area contributed by atoms with Crippen LogP contribution in [0.4, 0.5) is 0 Å². The van der Waals surface area contributed by atoms with Crippen LogP contribution in [0, 0.1) is 12.8 Å². The molecule has 0 saturated carbocycles. The third kappa shape index (κ3) is 3.02. The van der Waals surface area contributed by atoms with E-state index in [0.29, 0.717) is 5.89 Å². The summed E-state index contributed by atoms with van der Waals surface area (Å²) in [5.41, 5.74) is 0. The summed E-state index contributed by atoms with van der Waals surface area (Å²) in [5.74, 6) is 2.14. The number of likely N-dealkylation sites (tertiary alicyclic amines) is 1. The van der Waals surface area contributed by atoms with E-state index in [2.05, 4.69) is 20.4 Å². The van der Waals surface area contributed by atoms with E-state index in [0.717, 1.165) is 38.0 Å². The van der Waals surface area contributed by atoms with Gasteiger partial charge in [0.2, 0.25) is 11.8 Å². The molecule has 0 aromatic carbocycles. The molecule has 0 aliphatic carbocycles. The normalized spacial score (nSPS) is 22.5. The molecule has 0 amide bonds. The van der Waals surface area contributed by atoms with E-state index >= 15 is 0 Å². The summed E-state index contributed by atoms with van der Waals surface area (Å²) in [4.78, 5) is 2.40. The fourth-order valence-corrected chi connectivity index (χ4v) is 2.34. The minimum Gasteiger partial charge on any atom is -0.424 e. The molecule has 1 atom stereocenters. The number of aryl methyl sites for hydroxylation is 1. The van der Waals surface area contributed by atoms with Gasteiger partial charge in [-0.3, -0.25) is 4.90 Å². The van der Waals surface area contributed by atoms with Crippen LogP contribution < -0.4 is 5.32 Å². The number of hydrogen-bond donors (Lipinski definition) is 1. The van der Waals surface area contributed by atoms with Gasteiger partial charge in [0.15, 0.2) is 0 Å². The lowest BCUT2D eigenvalue weighted by Crippen LogP contribution is -2.38. The van der Waals surface area contributed by atoms with E-state index in [1.54, 1.807) is 0 Å². The Balaban J connectivity index is 1.85. The molecule has 1 N–H and O–H groups in total. The van der Waals surface area contributed by atoms with Crippen LogP contribution >= 0.6 is 0 Å². The van der Waals surface area contributed by atoms with E-state index in [4.69, 9.17) is 4.42 Å². The van der Waals surface area contributed by atoms with Crippen molar-refractivity contribution in [3.8, 4) is 0 Å². The number of nitrogens with zero attached hydrogens (tertiary/aromatic N) is 3. The molecule has 1 fully saturated rings. The number of piperidine rings is 1. The molecular formula is C11H20N4O. The van der Waals surface area contributed by atoms with Gasteiger partial charge in [0, 0.05) is 13.5 Å². The second-order valence-corrected chi connectivity index (χ2v) is 4.52. The van der Waals surface area contributed by atoms with E-state index < -0.39 is 0 Å². The standard InChI is InChI=1S/C11H20N4O/c1-9-13-14-11(16-9)8-15-5-3-4-10(7-15)6-12-2/h10,12H,3-8H2,1-2H3. The highest BCUT2D eigenvalue weighted by Crippen LogP contribution is 2.17. The van der Waals surface area contributed by atoms with Crippen molar-refractivity contribution in [3.05, 3.63) is 11.8 Å². The fourth-order valence-electron chi connectivity index (χ4n) is 2.34. The van der Waals surface area contributed by atoms with Crippen molar-refractivity contribution in [2.45, 2.75) is 26.3 Å². The number of rotatable bonds is 4. The first-order valence-corrected chi connectivity index (χ1v) is 5.94. The van der Waals surface area contributed by atoms with Crippen molar-refractivity contribution in [1.82, 2.24) is 20.4 Å². The van der Waals surface area contributed by atoms with E-state index in [1.807, 2.05) is 14.0 Å². The van der Waals surface area contributed by atoms with Crippen LogP contribution in [0.3, 0.4) is 0 Å². The summed E-state index contributed by atoms with van der Waals surface area (Å²) >= 11 is 0. The molecule has 1 saturated heterocycles. The monoisotopic (exact) mass is 224 g/mol. The van der Waals surface area contributed by atoms with Crippen LogP contribution in [0.1, 0.15) is 24.6 Å². The predicted molar refractivity (Wildman–Crippen MR) is 61.0 cm³/mol. The maximum absolute atomic E-state index is 5.40. The van der Waals surface area contributed by atoms with Gasteiger partial charge in [-0.1, -0.05) is 0 Å². The highest BCUT2D eigenvalue weighted by Gasteiger charge is 2.20. The zero-order valence-corrected chi connectivity index (χ0v) is 10.1. The fraction of sp³-hybridized carbons (Fsp3) is 0.818. The number of hydrogen-bond acceptors (Lipinski definition) is 5. The van der Waals surface area contributed by atoms with Crippen LogP contribution in [-0.4, -0.2) is 41.8 Å². The smallest absolute Gasteiger partial charge is 0.230 e. The van der Waals surface area contributed by atoms with Gasteiger partial charge in [-0.05, 0) is 38.9 Å². The van der Waals surface area contributed by atoms with Crippen LogP contribution in [0.15, 0.2) is 4.42 Å². The lowest BCUT2D eigenvalue weighted by molar-refractivity contribution is 0.153. The Morgan fingerprint density at radius 3 is 3.06 bits per heavy atom. The molecule has 1 aromatic rings. The quantitative estimate of drug-likeness (QED) is 0.820. The Bertz CT molecular complexity index is 324. The topological polar surface area (TPSA) is 54.2 Å². The summed E-state index contributed by atoms with van der Waals surface area (Å²) in [5, 5.41) is 11.1. The van der Waals surface area contributed by atoms with E-state index in [1.165, 1.54) is 12.8 Å². The molecule has 0 radical (unpaired) electrons. The molecule has 2 rings (SSSR count). The Labute approximate surface area is 96.2 Å². The second kappa shape index (κ2) is 5.41. The molecule has 16 heavy (non-hydrogen) atoms. The predicted octanol–water partition coefficient (Wildman–Crippen LogP) is 0.809. The van der Waals surface area contributed by atoms with Crippen molar-refractivity contribution in [1.29, 1.82) is 0 Å². The highest BCUT2D eigenvalue weighted by molar-refractivity contribution is 4.82. The first-order chi connectivity index (χ1) is 7.78. The Hall–Kier alpha value is -0.940. The Kier molecular flexibility index (Phi) is 3.90. The summed E-state index contributed by atoms with van der Waals surface area (Å²) in [6, 6.07) is 0. The van der Waals surface area contributed by atoms with Gasteiger partial charge < -0.3 is 9.73 Å². The molecule has 2 heterocycles. The maximum atomic E-state index is 5.40. The van der Waals surface area contributed by atoms with Gasteiger partial charge in [-0.25, -0.2) is 0 Å². The Morgan fingerprint density at radius 1 is 1.50 bits per heavy atom. The average Bonchev–Trinajstić information content (AvgIpc) is 2.65. The first-order valence-electron chi connectivity index (χ1n) is 5.94. The van der Waals surface area contributed by atoms with Gasteiger partial charge in [0.1, 0.15) is 0 Å². The highest BCUT2D eigenvalue weighted by atomic mass is 16.4. The summed E-state index contributed by atoms with van der Waals surface area (Å²) in [7, 11) is 2.01. The zero-order valence-electron chi connectivity index (χ0n) is 10.1. The van der Waals surface area contributed by atoms with Gasteiger partial charge in [0.25, 0.3) is 0 Å². The molecule has 1 aliphatic heterocycles. The van der Waals surface area contributed by atoms with Crippen LogP contribution in [-0.2, 0) is 6.54 Å². The SMILES string of the molecule is CNCC1CCCN(Cc2nnc(C)o2)C1. The van der Waals surface area contributed by atoms with Gasteiger partial charge in [0.05, 0.1) is 6.54 Å². The van der Waals surface area contributed by atoms with Crippen molar-refractivity contribution < 1.29 is 4.42 Å². The number of nitrogens with one attached hydrogen (secondary N) is 1. The molecule has 5 heteroatoms.